The van der Waals surface area contributed by atoms with Crippen LogP contribution < -0.4 is 5.32 Å². The summed E-state index contributed by atoms with van der Waals surface area (Å²) in [5, 5.41) is 3.81. The fourth-order valence-electron chi connectivity index (χ4n) is 2.35. The molecule has 94 valence electrons. The second kappa shape index (κ2) is 5.80. The first-order chi connectivity index (χ1) is 8.24. The number of hydrogen-bond acceptors (Lipinski definition) is 2. The lowest BCUT2D eigenvalue weighted by atomic mass is 9.92. The average molecular weight is 258 g/mol. The molecule has 0 saturated carbocycles. The van der Waals surface area contributed by atoms with Gasteiger partial charge in [-0.05, 0) is 25.1 Å². The largest absolute Gasteiger partial charge is 0.381 e. The Morgan fingerprint density at radius 2 is 2.41 bits per heavy atom. The van der Waals surface area contributed by atoms with E-state index in [0.29, 0.717) is 23.1 Å². The second-order valence-electron chi connectivity index (χ2n) is 4.29. The van der Waals surface area contributed by atoms with Crippen molar-refractivity contribution in [2.45, 2.75) is 19.4 Å². The fourth-order valence-corrected chi connectivity index (χ4v) is 2.63. The summed E-state index contributed by atoms with van der Waals surface area (Å²) >= 11 is 6.12. The topological polar surface area (TPSA) is 21.3 Å². The Balaban J connectivity index is 2.31. The van der Waals surface area contributed by atoms with Crippen LogP contribution in [0.15, 0.2) is 18.2 Å². The van der Waals surface area contributed by atoms with E-state index in [4.69, 9.17) is 16.3 Å². The highest BCUT2D eigenvalue weighted by Crippen LogP contribution is 2.34. The molecule has 1 fully saturated rings. The van der Waals surface area contributed by atoms with E-state index in [1.165, 1.54) is 6.07 Å². The van der Waals surface area contributed by atoms with Crippen molar-refractivity contribution in [3.63, 3.8) is 0 Å². The quantitative estimate of drug-likeness (QED) is 0.895. The van der Waals surface area contributed by atoms with Crippen molar-refractivity contribution in [3.8, 4) is 0 Å². The van der Waals surface area contributed by atoms with Gasteiger partial charge in [-0.15, -0.1) is 0 Å². The molecule has 2 nitrogen and oxygen atoms in total. The smallest absolute Gasteiger partial charge is 0.129 e. The Morgan fingerprint density at radius 1 is 1.59 bits per heavy atom. The van der Waals surface area contributed by atoms with Gasteiger partial charge in [0.25, 0.3) is 0 Å². The number of hydrogen-bond donors (Lipinski definition) is 1. The highest BCUT2D eigenvalue weighted by Gasteiger charge is 2.29. The SMILES string of the molecule is CCNC(c1c(F)cccc1Cl)C1CCOC1. The van der Waals surface area contributed by atoms with Crippen LogP contribution in [-0.4, -0.2) is 19.8 Å². The molecule has 1 N–H and O–H groups in total. The van der Waals surface area contributed by atoms with E-state index < -0.39 is 0 Å². The highest BCUT2D eigenvalue weighted by atomic mass is 35.5. The maximum absolute atomic E-state index is 13.9. The van der Waals surface area contributed by atoms with Gasteiger partial charge in [0.15, 0.2) is 0 Å². The Bertz CT molecular complexity index is 359. The minimum absolute atomic E-state index is 0.0591. The van der Waals surface area contributed by atoms with Gasteiger partial charge in [0.2, 0.25) is 0 Å². The van der Waals surface area contributed by atoms with E-state index in [2.05, 4.69) is 5.32 Å². The van der Waals surface area contributed by atoms with Gasteiger partial charge in [0, 0.05) is 29.2 Å². The third-order valence-electron chi connectivity index (χ3n) is 3.17. The van der Waals surface area contributed by atoms with Crippen molar-refractivity contribution in [1.29, 1.82) is 0 Å². The first-order valence-corrected chi connectivity index (χ1v) is 6.37. The van der Waals surface area contributed by atoms with E-state index in [9.17, 15) is 4.39 Å². The zero-order valence-electron chi connectivity index (χ0n) is 9.88. The van der Waals surface area contributed by atoms with Crippen molar-refractivity contribution in [1.82, 2.24) is 5.32 Å². The first-order valence-electron chi connectivity index (χ1n) is 5.99. The number of ether oxygens (including phenoxy) is 1. The number of benzene rings is 1. The van der Waals surface area contributed by atoms with Crippen LogP contribution in [0.1, 0.15) is 24.9 Å². The van der Waals surface area contributed by atoms with E-state index in [1.807, 2.05) is 6.92 Å². The zero-order valence-corrected chi connectivity index (χ0v) is 10.6. The Labute approximate surface area is 106 Å². The van der Waals surface area contributed by atoms with Crippen LogP contribution in [-0.2, 0) is 4.74 Å². The van der Waals surface area contributed by atoms with Crippen molar-refractivity contribution in [3.05, 3.63) is 34.6 Å². The van der Waals surface area contributed by atoms with Crippen LogP contribution in [0.4, 0.5) is 4.39 Å². The first kappa shape index (κ1) is 12.8. The van der Waals surface area contributed by atoms with E-state index >= 15 is 0 Å². The van der Waals surface area contributed by atoms with Gasteiger partial charge in [-0.3, -0.25) is 0 Å². The maximum atomic E-state index is 13.9. The molecule has 1 heterocycles. The molecule has 2 unspecified atom stereocenters. The fraction of sp³-hybridized carbons (Fsp3) is 0.538. The highest BCUT2D eigenvalue weighted by molar-refractivity contribution is 6.31. The Morgan fingerprint density at radius 3 is 3.00 bits per heavy atom. The monoisotopic (exact) mass is 257 g/mol. The van der Waals surface area contributed by atoms with Gasteiger partial charge in [-0.2, -0.15) is 0 Å². The summed E-state index contributed by atoms with van der Waals surface area (Å²) in [5.41, 5.74) is 0.575. The van der Waals surface area contributed by atoms with Crippen molar-refractivity contribution in [2.24, 2.45) is 5.92 Å². The van der Waals surface area contributed by atoms with Crippen LogP contribution in [0.2, 0.25) is 5.02 Å². The summed E-state index contributed by atoms with van der Waals surface area (Å²) in [5.74, 6) is 0.0553. The molecule has 0 aliphatic carbocycles. The second-order valence-corrected chi connectivity index (χ2v) is 4.70. The molecule has 4 heteroatoms. The summed E-state index contributed by atoms with van der Waals surface area (Å²) in [6, 6.07) is 4.77. The van der Waals surface area contributed by atoms with E-state index in [-0.39, 0.29) is 11.9 Å². The van der Waals surface area contributed by atoms with Gasteiger partial charge in [-0.1, -0.05) is 24.6 Å². The zero-order chi connectivity index (χ0) is 12.3. The standard InChI is InChI=1S/C13H17ClFNO/c1-2-16-13(9-6-7-17-8-9)12-10(14)4-3-5-11(12)15/h3-5,9,13,16H,2,6-8H2,1H3. The van der Waals surface area contributed by atoms with Crippen LogP contribution >= 0.6 is 11.6 Å². The third-order valence-corrected chi connectivity index (χ3v) is 3.50. The average Bonchev–Trinajstić information content (AvgIpc) is 2.80. The summed E-state index contributed by atoms with van der Waals surface area (Å²) in [6.07, 6.45) is 0.947. The minimum Gasteiger partial charge on any atom is -0.381 e. The molecule has 1 aliphatic heterocycles. The van der Waals surface area contributed by atoms with Gasteiger partial charge >= 0.3 is 0 Å². The molecule has 0 aromatic heterocycles. The molecule has 1 aliphatic rings. The third kappa shape index (κ3) is 2.79. The molecule has 1 aromatic rings. The summed E-state index contributed by atoms with van der Waals surface area (Å²) < 4.78 is 19.3. The molecule has 0 radical (unpaired) electrons. The molecule has 0 bridgehead atoms. The lowest BCUT2D eigenvalue weighted by Gasteiger charge is -2.25. The van der Waals surface area contributed by atoms with Crippen LogP contribution in [0, 0.1) is 11.7 Å². The maximum Gasteiger partial charge on any atom is 0.129 e. The van der Waals surface area contributed by atoms with Crippen molar-refractivity contribution in [2.75, 3.05) is 19.8 Å². The minimum atomic E-state index is -0.240. The lowest BCUT2D eigenvalue weighted by Crippen LogP contribution is -2.29. The van der Waals surface area contributed by atoms with Gasteiger partial charge in [0.05, 0.1) is 6.61 Å². The Hall–Kier alpha value is -0.640. The Kier molecular flexibility index (Phi) is 4.37. The molecule has 2 rings (SSSR count). The molecule has 0 amide bonds. The predicted molar refractivity (Wildman–Crippen MR) is 66.8 cm³/mol. The van der Waals surface area contributed by atoms with Crippen LogP contribution in [0.3, 0.4) is 0 Å². The predicted octanol–water partition coefficient (Wildman–Crippen LogP) is 3.17. The lowest BCUT2D eigenvalue weighted by molar-refractivity contribution is 0.176. The number of rotatable bonds is 4. The molecule has 2 atom stereocenters. The summed E-state index contributed by atoms with van der Waals surface area (Å²) in [6.45, 7) is 4.21. The van der Waals surface area contributed by atoms with Gasteiger partial charge in [-0.25, -0.2) is 4.39 Å². The van der Waals surface area contributed by atoms with Crippen LogP contribution in [0.5, 0.6) is 0 Å². The molecule has 1 aromatic carbocycles. The van der Waals surface area contributed by atoms with Crippen molar-refractivity contribution < 1.29 is 9.13 Å². The van der Waals surface area contributed by atoms with E-state index in [0.717, 1.165) is 19.6 Å². The molecule has 17 heavy (non-hydrogen) atoms. The van der Waals surface area contributed by atoms with Crippen molar-refractivity contribution >= 4 is 11.6 Å². The molecular formula is C13H17ClFNO. The summed E-state index contributed by atoms with van der Waals surface area (Å²) in [7, 11) is 0. The summed E-state index contributed by atoms with van der Waals surface area (Å²) in [4.78, 5) is 0. The number of nitrogens with one attached hydrogen (secondary N) is 1. The normalized spacial score (nSPS) is 21.7. The molecular weight excluding hydrogens is 241 g/mol. The van der Waals surface area contributed by atoms with Gasteiger partial charge < -0.3 is 10.1 Å². The van der Waals surface area contributed by atoms with E-state index in [1.54, 1.807) is 12.1 Å². The number of halogens is 2. The molecule has 1 saturated heterocycles. The molecule has 0 spiro atoms. The van der Waals surface area contributed by atoms with Gasteiger partial charge in [0.1, 0.15) is 5.82 Å². The van der Waals surface area contributed by atoms with Crippen LogP contribution in [0.25, 0.3) is 0 Å².